The van der Waals surface area contributed by atoms with Crippen molar-refractivity contribution in [2.75, 3.05) is 0 Å². The lowest BCUT2D eigenvalue weighted by atomic mass is 9.77. The third-order valence-corrected chi connectivity index (χ3v) is 2.50. The van der Waals surface area contributed by atoms with Crippen LogP contribution >= 0.6 is 0 Å². The van der Waals surface area contributed by atoms with Gasteiger partial charge in [-0.05, 0) is 6.42 Å². The van der Waals surface area contributed by atoms with Gasteiger partial charge < -0.3 is 21.4 Å². The fourth-order valence-electron chi connectivity index (χ4n) is 1.63. The lowest BCUT2D eigenvalue weighted by Crippen LogP contribution is -2.46. The molecule has 6 nitrogen and oxygen atoms in total. The number of carbonyl (C=O) groups is 2. The van der Waals surface area contributed by atoms with Gasteiger partial charge in [0.15, 0.2) is 0 Å². The molecule has 14 heavy (non-hydrogen) atoms. The zero-order valence-electron chi connectivity index (χ0n) is 7.43. The van der Waals surface area contributed by atoms with Crippen molar-refractivity contribution < 1.29 is 19.8 Å². The molecule has 0 bridgehead atoms. The Balaban J connectivity index is 2.76. The molecule has 3 atom stereocenters. The quantitative estimate of drug-likeness (QED) is 0.479. The van der Waals surface area contributed by atoms with Gasteiger partial charge in [0.05, 0.1) is 11.8 Å². The van der Waals surface area contributed by atoms with Crippen LogP contribution in [0.1, 0.15) is 12.8 Å². The standard InChI is InChI=1S/C8H12N2O4/c9-5-1-3(7(11)12)6(10)2-4(5)8(13)14/h3-5,10H,1-2,9H2,(H,11,12)(H,13,14). The van der Waals surface area contributed by atoms with Crippen LogP contribution in [0.15, 0.2) is 0 Å². The lowest BCUT2D eigenvalue weighted by molar-refractivity contribution is -0.145. The van der Waals surface area contributed by atoms with Gasteiger partial charge in [-0.15, -0.1) is 0 Å². The van der Waals surface area contributed by atoms with E-state index >= 15 is 0 Å². The maximum atomic E-state index is 10.7. The number of aliphatic carboxylic acids is 2. The number of carboxylic acid groups (broad SMARTS) is 2. The average Bonchev–Trinajstić information content (AvgIpc) is 2.07. The van der Waals surface area contributed by atoms with E-state index in [9.17, 15) is 9.59 Å². The first-order valence-corrected chi connectivity index (χ1v) is 4.22. The van der Waals surface area contributed by atoms with E-state index in [2.05, 4.69) is 0 Å². The SMILES string of the molecule is N=C1CC(C(=O)O)C(N)CC1C(=O)O. The van der Waals surface area contributed by atoms with Crippen molar-refractivity contribution in [2.24, 2.45) is 17.6 Å². The van der Waals surface area contributed by atoms with Gasteiger partial charge >= 0.3 is 11.9 Å². The van der Waals surface area contributed by atoms with E-state index in [4.69, 9.17) is 21.4 Å². The minimum absolute atomic E-state index is 0.0329. The van der Waals surface area contributed by atoms with Crippen molar-refractivity contribution in [1.82, 2.24) is 0 Å². The van der Waals surface area contributed by atoms with Crippen LogP contribution in [0.2, 0.25) is 0 Å². The fraction of sp³-hybridized carbons (Fsp3) is 0.625. The summed E-state index contributed by atoms with van der Waals surface area (Å²) < 4.78 is 0. The van der Waals surface area contributed by atoms with Crippen LogP contribution in [-0.4, -0.2) is 33.9 Å². The van der Waals surface area contributed by atoms with Gasteiger partial charge in [-0.3, -0.25) is 9.59 Å². The van der Waals surface area contributed by atoms with E-state index in [0.29, 0.717) is 0 Å². The second-order valence-corrected chi connectivity index (χ2v) is 3.46. The summed E-state index contributed by atoms with van der Waals surface area (Å²) in [5.74, 6) is -3.90. The topological polar surface area (TPSA) is 124 Å². The molecule has 3 unspecified atom stereocenters. The van der Waals surface area contributed by atoms with Gasteiger partial charge in [0.1, 0.15) is 0 Å². The third-order valence-electron chi connectivity index (χ3n) is 2.50. The first-order chi connectivity index (χ1) is 6.43. The van der Waals surface area contributed by atoms with Crippen LogP contribution in [0.3, 0.4) is 0 Å². The Bertz CT molecular complexity index is 289. The first-order valence-electron chi connectivity index (χ1n) is 4.22. The summed E-state index contributed by atoms with van der Waals surface area (Å²) in [6.45, 7) is 0. The van der Waals surface area contributed by atoms with Crippen molar-refractivity contribution >= 4 is 17.7 Å². The highest BCUT2D eigenvalue weighted by molar-refractivity contribution is 6.02. The summed E-state index contributed by atoms with van der Waals surface area (Å²) >= 11 is 0. The lowest BCUT2D eigenvalue weighted by Gasteiger charge is -2.29. The van der Waals surface area contributed by atoms with Crippen molar-refractivity contribution in [3.63, 3.8) is 0 Å². The van der Waals surface area contributed by atoms with Gasteiger partial charge in [0, 0.05) is 18.2 Å². The Hall–Kier alpha value is -1.43. The van der Waals surface area contributed by atoms with Gasteiger partial charge in [-0.2, -0.15) is 0 Å². The van der Waals surface area contributed by atoms with E-state index in [1.165, 1.54) is 0 Å². The molecular weight excluding hydrogens is 188 g/mol. The van der Waals surface area contributed by atoms with Gasteiger partial charge in [-0.1, -0.05) is 0 Å². The predicted molar refractivity (Wildman–Crippen MR) is 47.2 cm³/mol. The van der Waals surface area contributed by atoms with Gasteiger partial charge in [0.25, 0.3) is 0 Å². The highest BCUT2D eigenvalue weighted by atomic mass is 16.4. The predicted octanol–water partition coefficient (Wildman–Crippen LogP) is -0.471. The first kappa shape index (κ1) is 10.6. The third kappa shape index (κ3) is 1.90. The zero-order valence-corrected chi connectivity index (χ0v) is 7.43. The molecule has 0 spiro atoms. The number of carboxylic acids is 2. The van der Waals surface area contributed by atoms with E-state index in [1.54, 1.807) is 0 Å². The van der Waals surface area contributed by atoms with Crippen molar-refractivity contribution in [2.45, 2.75) is 18.9 Å². The number of rotatable bonds is 2. The zero-order chi connectivity index (χ0) is 10.9. The highest BCUT2D eigenvalue weighted by Crippen LogP contribution is 2.25. The smallest absolute Gasteiger partial charge is 0.312 e. The second kappa shape index (κ2) is 3.75. The molecule has 0 radical (unpaired) electrons. The number of nitrogens with one attached hydrogen (secondary N) is 1. The van der Waals surface area contributed by atoms with E-state index < -0.39 is 29.8 Å². The van der Waals surface area contributed by atoms with Gasteiger partial charge in [0.2, 0.25) is 0 Å². The molecule has 0 aromatic rings. The Morgan fingerprint density at radius 3 is 2.36 bits per heavy atom. The molecule has 0 amide bonds. The number of hydrogen-bond donors (Lipinski definition) is 4. The van der Waals surface area contributed by atoms with E-state index in [-0.39, 0.29) is 18.6 Å². The maximum Gasteiger partial charge on any atom is 0.312 e. The summed E-state index contributed by atoms with van der Waals surface area (Å²) in [5.41, 5.74) is 5.48. The van der Waals surface area contributed by atoms with Crippen LogP contribution in [-0.2, 0) is 9.59 Å². The Morgan fingerprint density at radius 1 is 1.36 bits per heavy atom. The van der Waals surface area contributed by atoms with Crippen LogP contribution in [0.5, 0.6) is 0 Å². The summed E-state index contributed by atoms with van der Waals surface area (Å²) in [5, 5.41) is 24.8. The molecule has 1 rings (SSSR count). The molecule has 0 aromatic heterocycles. The number of hydrogen-bond acceptors (Lipinski definition) is 4. The highest BCUT2D eigenvalue weighted by Gasteiger charge is 2.38. The second-order valence-electron chi connectivity index (χ2n) is 3.46. The molecule has 0 aromatic carbocycles. The fourth-order valence-corrected chi connectivity index (χ4v) is 1.63. The van der Waals surface area contributed by atoms with Crippen molar-refractivity contribution in [1.29, 1.82) is 5.41 Å². The molecule has 5 N–H and O–H groups in total. The van der Waals surface area contributed by atoms with Crippen LogP contribution < -0.4 is 5.73 Å². The molecule has 1 aliphatic carbocycles. The van der Waals surface area contributed by atoms with E-state index in [0.717, 1.165) is 0 Å². The van der Waals surface area contributed by atoms with Crippen LogP contribution in [0.25, 0.3) is 0 Å². The Kier molecular flexibility index (Phi) is 2.85. The molecule has 0 heterocycles. The molecule has 78 valence electrons. The number of nitrogens with two attached hydrogens (primary N) is 1. The molecule has 1 aliphatic rings. The minimum Gasteiger partial charge on any atom is -0.481 e. The summed E-state index contributed by atoms with van der Waals surface area (Å²) in [6, 6.07) is -0.678. The Morgan fingerprint density at radius 2 is 1.93 bits per heavy atom. The summed E-state index contributed by atoms with van der Waals surface area (Å²) in [4.78, 5) is 21.3. The van der Waals surface area contributed by atoms with Gasteiger partial charge in [-0.25, -0.2) is 0 Å². The van der Waals surface area contributed by atoms with Crippen LogP contribution in [0.4, 0.5) is 0 Å². The molecule has 1 saturated carbocycles. The molecule has 1 fully saturated rings. The molecule has 6 heteroatoms. The molecule has 0 aliphatic heterocycles. The minimum atomic E-state index is -1.10. The molecular formula is C8H12N2O4. The normalized spacial score (nSPS) is 32.6. The van der Waals surface area contributed by atoms with Crippen LogP contribution in [0, 0.1) is 17.2 Å². The van der Waals surface area contributed by atoms with Crippen molar-refractivity contribution in [3.05, 3.63) is 0 Å². The molecule has 0 saturated heterocycles. The monoisotopic (exact) mass is 200 g/mol. The summed E-state index contributed by atoms with van der Waals surface area (Å²) in [6.07, 6.45) is -0.0292. The Labute approximate surface area is 80.2 Å². The largest absolute Gasteiger partial charge is 0.481 e. The maximum absolute atomic E-state index is 10.7. The van der Waals surface area contributed by atoms with E-state index in [1.807, 2.05) is 0 Å². The van der Waals surface area contributed by atoms with Crippen molar-refractivity contribution in [3.8, 4) is 0 Å². The summed E-state index contributed by atoms with van der Waals surface area (Å²) in [7, 11) is 0. The average molecular weight is 200 g/mol.